The van der Waals surface area contributed by atoms with Crippen LogP contribution in [-0.2, 0) is 10.0 Å². The number of hydrogen-bond acceptors (Lipinski definition) is 3. The monoisotopic (exact) mass is 152 g/mol. The third kappa shape index (κ3) is 3.45. The predicted molar refractivity (Wildman–Crippen MR) is 34.0 cm³/mol. The van der Waals surface area contributed by atoms with Crippen LogP contribution in [0.25, 0.3) is 0 Å². The van der Waals surface area contributed by atoms with E-state index in [1.54, 1.807) is 0 Å². The van der Waals surface area contributed by atoms with E-state index in [-0.39, 0.29) is 13.0 Å². The van der Waals surface area contributed by atoms with Crippen LogP contribution < -0.4 is 5.14 Å². The summed E-state index contributed by atoms with van der Waals surface area (Å²) in [7, 11) is -3.54. The molecule has 0 aromatic rings. The van der Waals surface area contributed by atoms with E-state index in [9.17, 15) is 8.42 Å². The molecule has 3 N–H and O–H groups in total. The lowest BCUT2D eigenvalue weighted by Gasteiger charge is -2.04. The van der Waals surface area contributed by atoms with Crippen molar-refractivity contribution in [3.8, 4) is 0 Å². The number of hydrogen-bond donors (Lipinski definition) is 2. The van der Waals surface area contributed by atoms with E-state index < -0.39 is 15.3 Å². The molecule has 0 saturated carbocycles. The second-order valence-electron chi connectivity index (χ2n) is 1.72. The first-order chi connectivity index (χ1) is 3.98. The van der Waals surface area contributed by atoms with Gasteiger partial charge in [0.1, 0.15) is 0 Å². The van der Waals surface area contributed by atoms with E-state index in [1.165, 1.54) is 0 Å². The normalized spacial score (nSPS) is 15.4. The van der Waals surface area contributed by atoms with Crippen molar-refractivity contribution in [1.29, 1.82) is 0 Å². The number of primary sulfonamides is 1. The Morgan fingerprint density at radius 2 is 2.11 bits per heavy atom. The maximum Gasteiger partial charge on any atom is 0.212 e. The summed E-state index contributed by atoms with van der Waals surface area (Å²) < 4.78 is 20.7. The summed E-state index contributed by atoms with van der Waals surface area (Å²) in [5.41, 5.74) is 0. The molecule has 0 heterocycles. The van der Waals surface area contributed by atoms with Crippen molar-refractivity contribution >= 4 is 10.0 Å². The quantitative estimate of drug-likeness (QED) is 0.536. The third-order valence-electron chi connectivity index (χ3n) is 0.916. The van der Waals surface area contributed by atoms with E-state index in [0.717, 1.165) is 0 Å². The average molecular weight is 152 g/mol. The second kappa shape index (κ2) is 3.14. The van der Waals surface area contributed by atoms with Gasteiger partial charge in [0, 0.05) is 6.61 Å². The fourth-order valence-corrected chi connectivity index (χ4v) is 0.742. The number of aliphatic hydroxyl groups excluding tert-OH is 1. The molecule has 0 aliphatic heterocycles. The highest BCUT2D eigenvalue weighted by molar-refractivity contribution is 7.89. The fourth-order valence-electron chi connectivity index (χ4n) is 0.308. The first-order valence-electron chi connectivity index (χ1n) is 2.44. The number of nitrogens with two attached hydrogens (primary N) is 1. The summed E-state index contributed by atoms with van der Waals surface area (Å²) >= 11 is 0. The Hall–Kier alpha value is -0.130. The van der Waals surface area contributed by atoms with Crippen LogP contribution in [0.4, 0.5) is 0 Å². The van der Waals surface area contributed by atoms with Crippen LogP contribution in [0, 0.1) is 6.92 Å². The zero-order valence-electron chi connectivity index (χ0n) is 4.95. The first kappa shape index (κ1) is 8.87. The Balaban J connectivity index is 3.90. The van der Waals surface area contributed by atoms with Crippen molar-refractivity contribution < 1.29 is 13.5 Å². The first-order valence-corrected chi connectivity index (χ1v) is 4.05. The van der Waals surface area contributed by atoms with E-state index in [4.69, 9.17) is 5.11 Å². The molecule has 0 bridgehead atoms. The summed E-state index contributed by atoms with van der Waals surface area (Å²) in [4.78, 5) is 0. The number of sulfonamides is 1. The minimum absolute atomic E-state index is 0.0961. The van der Waals surface area contributed by atoms with Gasteiger partial charge < -0.3 is 5.11 Å². The Morgan fingerprint density at radius 1 is 1.67 bits per heavy atom. The largest absolute Gasteiger partial charge is 0.396 e. The van der Waals surface area contributed by atoms with Crippen molar-refractivity contribution in [2.24, 2.45) is 5.14 Å². The average Bonchev–Trinajstić information content (AvgIpc) is 1.64. The van der Waals surface area contributed by atoms with Crippen LogP contribution in [0.5, 0.6) is 0 Å². The fraction of sp³-hybridized carbons (Fsp3) is 0.750. The lowest BCUT2D eigenvalue weighted by molar-refractivity contribution is 0.289. The standard InChI is InChI=1S/C4H10NO3S/c1-4(2-3-6)9(5,7)8/h4,6H,1-3H2,(H2,5,7,8). The summed E-state index contributed by atoms with van der Waals surface area (Å²) in [5.74, 6) is 0. The Bertz CT molecular complexity index is 163. The van der Waals surface area contributed by atoms with Crippen molar-refractivity contribution in [3.63, 3.8) is 0 Å². The zero-order valence-corrected chi connectivity index (χ0v) is 5.76. The summed E-state index contributed by atoms with van der Waals surface area (Å²) in [6.07, 6.45) is 0.0961. The van der Waals surface area contributed by atoms with Crippen molar-refractivity contribution in [2.75, 3.05) is 6.61 Å². The van der Waals surface area contributed by atoms with Gasteiger partial charge in [-0.15, -0.1) is 0 Å². The van der Waals surface area contributed by atoms with Gasteiger partial charge in [0.05, 0.1) is 5.25 Å². The highest BCUT2D eigenvalue weighted by Crippen LogP contribution is 1.97. The molecule has 9 heavy (non-hydrogen) atoms. The molecule has 0 amide bonds. The molecular weight excluding hydrogens is 142 g/mol. The van der Waals surface area contributed by atoms with Gasteiger partial charge in [0.25, 0.3) is 0 Å². The Morgan fingerprint density at radius 3 is 2.22 bits per heavy atom. The van der Waals surface area contributed by atoms with Crippen molar-refractivity contribution in [3.05, 3.63) is 6.92 Å². The summed E-state index contributed by atoms with van der Waals surface area (Å²) in [6, 6.07) is 0. The molecule has 0 aromatic carbocycles. The van der Waals surface area contributed by atoms with E-state index >= 15 is 0 Å². The van der Waals surface area contributed by atoms with Crippen LogP contribution in [0.15, 0.2) is 0 Å². The summed E-state index contributed by atoms with van der Waals surface area (Å²) in [5, 5.41) is 12.0. The molecule has 1 radical (unpaired) electrons. The Labute approximate surface area is 54.7 Å². The van der Waals surface area contributed by atoms with Gasteiger partial charge in [0.2, 0.25) is 10.0 Å². The molecule has 5 heteroatoms. The van der Waals surface area contributed by atoms with Crippen molar-refractivity contribution in [1.82, 2.24) is 0 Å². The highest BCUT2D eigenvalue weighted by atomic mass is 32.2. The number of aliphatic hydroxyl groups is 1. The topological polar surface area (TPSA) is 80.4 Å². The zero-order chi connectivity index (χ0) is 7.49. The predicted octanol–water partition coefficient (Wildman–Crippen LogP) is -1.14. The van der Waals surface area contributed by atoms with Crippen LogP contribution in [0.1, 0.15) is 6.42 Å². The molecule has 0 spiro atoms. The lowest BCUT2D eigenvalue weighted by Crippen LogP contribution is -2.26. The van der Waals surface area contributed by atoms with Crippen LogP contribution in [-0.4, -0.2) is 25.4 Å². The third-order valence-corrected chi connectivity index (χ3v) is 2.08. The second-order valence-corrected chi connectivity index (χ2v) is 3.57. The lowest BCUT2D eigenvalue weighted by atomic mass is 10.4. The summed E-state index contributed by atoms with van der Waals surface area (Å²) in [6.45, 7) is 3.02. The highest BCUT2D eigenvalue weighted by Gasteiger charge is 2.13. The van der Waals surface area contributed by atoms with E-state index in [1.807, 2.05) is 0 Å². The molecule has 1 unspecified atom stereocenters. The van der Waals surface area contributed by atoms with Crippen LogP contribution >= 0.6 is 0 Å². The van der Waals surface area contributed by atoms with E-state index in [0.29, 0.717) is 0 Å². The molecule has 0 aromatic heterocycles. The van der Waals surface area contributed by atoms with Crippen LogP contribution in [0.3, 0.4) is 0 Å². The molecule has 0 aliphatic carbocycles. The van der Waals surface area contributed by atoms with Gasteiger partial charge in [0.15, 0.2) is 0 Å². The SMILES string of the molecule is [CH2]C(CCO)S(N)(=O)=O. The smallest absolute Gasteiger partial charge is 0.212 e. The molecule has 4 nitrogen and oxygen atoms in total. The van der Waals surface area contributed by atoms with Gasteiger partial charge in [-0.25, -0.2) is 13.6 Å². The van der Waals surface area contributed by atoms with Gasteiger partial charge in [-0.3, -0.25) is 0 Å². The van der Waals surface area contributed by atoms with Gasteiger partial charge in [-0.05, 0) is 13.3 Å². The van der Waals surface area contributed by atoms with E-state index in [2.05, 4.69) is 12.1 Å². The van der Waals surface area contributed by atoms with Gasteiger partial charge in [-0.1, -0.05) is 0 Å². The van der Waals surface area contributed by atoms with Crippen LogP contribution in [0.2, 0.25) is 0 Å². The molecular formula is C4H10NO3S. The molecule has 0 aliphatic rings. The Kier molecular flexibility index (Phi) is 3.10. The molecule has 0 saturated heterocycles. The van der Waals surface area contributed by atoms with Gasteiger partial charge >= 0.3 is 0 Å². The minimum atomic E-state index is -3.54. The molecule has 0 rings (SSSR count). The molecule has 0 fully saturated rings. The van der Waals surface area contributed by atoms with Gasteiger partial charge in [-0.2, -0.15) is 0 Å². The number of rotatable bonds is 3. The maximum atomic E-state index is 10.3. The minimum Gasteiger partial charge on any atom is -0.396 e. The molecule has 1 atom stereocenters. The maximum absolute atomic E-state index is 10.3. The van der Waals surface area contributed by atoms with Crippen molar-refractivity contribution in [2.45, 2.75) is 11.7 Å². The molecule has 55 valence electrons.